The van der Waals surface area contributed by atoms with E-state index in [4.69, 9.17) is 27.9 Å². The van der Waals surface area contributed by atoms with Crippen LogP contribution in [0.15, 0.2) is 47.4 Å². The molecule has 5 nitrogen and oxygen atoms in total. The molecule has 0 spiro atoms. The maximum absolute atomic E-state index is 12.5. The number of hydrogen-bond donors (Lipinski definition) is 1. The van der Waals surface area contributed by atoms with Crippen molar-refractivity contribution in [2.75, 3.05) is 26.2 Å². The Hall–Kier alpha value is -1.60. The van der Waals surface area contributed by atoms with Crippen LogP contribution in [0.4, 0.5) is 4.79 Å². The second-order valence-corrected chi connectivity index (χ2v) is 10.2. The molecular weight excluding hydrogens is 465 g/mol. The molecule has 2 amide bonds. The van der Waals surface area contributed by atoms with Crippen molar-refractivity contribution in [2.45, 2.75) is 49.6 Å². The Balaban J connectivity index is 1.17. The molecule has 2 aliphatic heterocycles. The summed E-state index contributed by atoms with van der Waals surface area (Å²) in [5.41, 5.74) is 1.22. The summed E-state index contributed by atoms with van der Waals surface area (Å²) in [5.74, 6) is 0.778. The number of likely N-dealkylation sites (tertiary alicyclic amines) is 2. The molecule has 0 aliphatic carbocycles. The zero-order chi connectivity index (χ0) is 22.5. The van der Waals surface area contributed by atoms with Crippen LogP contribution in [0.1, 0.15) is 31.2 Å². The molecule has 172 valence electrons. The number of carbonyl (C=O) groups is 1. The molecule has 2 saturated heterocycles. The van der Waals surface area contributed by atoms with Crippen LogP contribution in [0.3, 0.4) is 0 Å². The summed E-state index contributed by atoms with van der Waals surface area (Å²) in [6.45, 7) is 5.69. The number of rotatable bonds is 5. The first-order chi connectivity index (χ1) is 15.5. The lowest BCUT2D eigenvalue weighted by molar-refractivity contribution is 0.0540. The minimum absolute atomic E-state index is 0.00255. The van der Waals surface area contributed by atoms with E-state index in [1.165, 1.54) is 17.5 Å². The number of hydrogen-bond acceptors (Lipinski definition) is 4. The summed E-state index contributed by atoms with van der Waals surface area (Å²) in [4.78, 5) is 18.1. The highest BCUT2D eigenvalue weighted by molar-refractivity contribution is 7.98. The van der Waals surface area contributed by atoms with Gasteiger partial charge >= 0.3 is 6.03 Å². The average molecular weight is 494 g/mol. The minimum Gasteiger partial charge on any atom is -0.490 e. The number of piperidine rings is 2. The quantitative estimate of drug-likeness (QED) is 0.516. The largest absolute Gasteiger partial charge is 0.490 e. The Bertz CT molecular complexity index is 912. The van der Waals surface area contributed by atoms with Crippen LogP contribution in [-0.4, -0.2) is 54.2 Å². The van der Waals surface area contributed by atoms with Gasteiger partial charge in [0.05, 0.1) is 10.0 Å². The Morgan fingerprint density at radius 2 is 1.66 bits per heavy atom. The Morgan fingerprint density at radius 3 is 2.31 bits per heavy atom. The predicted molar refractivity (Wildman–Crippen MR) is 132 cm³/mol. The number of benzene rings is 2. The molecule has 8 heteroatoms. The van der Waals surface area contributed by atoms with E-state index in [0.717, 1.165) is 62.5 Å². The van der Waals surface area contributed by atoms with Gasteiger partial charge in [-0.25, -0.2) is 4.79 Å². The monoisotopic (exact) mass is 493 g/mol. The van der Waals surface area contributed by atoms with E-state index in [9.17, 15) is 4.79 Å². The molecule has 0 atom stereocenters. The maximum Gasteiger partial charge on any atom is 0.327 e. The zero-order valence-corrected chi connectivity index (χ0v) is 20.6. The van der Waals surface area contributed by atoms with Crippen molar-refractivity contribution in [3.05, 3.63) is 58.1 Å². The van der Waals surface area contributed by atoms with Crippen molar-refractivity contribution in [1.82, 2.24) is 14.5 Å². The lowest BCUT2D eigenvalue weighted by Crippen LogP contribution is -2.51. The van der Waals surface area contributed by atoms with Crippen LogP contribution >= 0.6 is 35.1 Å². The number of aryl methyl sites for hydroxylation is 1. The van der Waals surface area contributed by atoms with E-state index in [2.05, 4.69) is 28.7 Å². The van der Waals surface area contributed by atoms with Crippen LogP contribution in [0.2, 0.25) is 10.0 Å². The molecule has 0 radical (unpaired) electrons. The predicted octanol–water partition coefficient (Wildman–Crippen LogP) is 6.03. The van der Waals surface area contributed by atoms with Crippen LogP contribution in [0, 0.1) is 6.92 Å². The van der Waals surface area contributed by atoms with E-state index < -0.39 is 0 Å². The molecule has 2 aliphatic rings. The number of urea groups is 1. The van der Waals surface area contributed by atoms with E-state index >= 15 is 0 Å². The Morgan fingerprint density at radius 1 is 0.969 bits per heavy atom. The van der Waals surface area contributed by atoms with E-state index in [1.807, 2.05) is 23.1 Å². The number of amides is 2. The third-order valence-electron chi connectivity index (χ3n) is 6.22. The number of nitrogens with zero attached hydrogens (tertiary/aromatic N) is 2. The molecule has 0 aromatic heterocycles. The van der Waals surface area contributed by atoms with E-state index in [0.29, 0.717) is 16.1 Å². The van der Waals surface area contributed by atoms with Gasteiger partial charge in [0.1, 0.15) is 11.9 Å². The van der Waals surface area contributed by atoms with Gasteiger partial charge in [0.2, 0.25) is 0 Å². The van der Waals surface area contributed by atoms with E-state index in [-0.39, 0.29) is 12.1 Å². The zero-order valence-electron chi connectivity index (χ0n) is 18.2. The SMILES string of the molecule is Cc1ccc(SNC(=O)N2CCC(N3CCC(Oc4ccc(Cl)c(Cl)c4)CC3)CC2)cc1. The van der Waals surface area contributed by atoms with Crippen molar-refractivity contribution in [1.29, 1.82) is 0 Å². The standard InChI is InChI=1S/C24H29Cl2N3O2S/c1-17-2-5-21(6-3-17)32-27-24(30)29-12-8-18(9-13-29)28-14-10-19(11-15-28)31-20-4-7-22(25)23(26)16-20/h2-7,16,18-19H,8-15H2,1H3,(H,27,30). The van der Waals surface area contributed by atoms with Gasteiger partial charge in [-0.15, -0.1) is 0 Å². The first-order valence-corrected chi connectivity index (χ1v) is 12.7. The molecule has 2 fully saturated rings. The van der Waals surface area contributed by atoms with E-state index in [1.54, 1.807) is 12.1 Å². The van der Waals surface area contributed by atoms with Gasteiger partial charge in [-0.3, -0.25) is 9.62 Å². The van der Waals surface area contributed by atoms with Crippen LogP contribution in [0.5, 0.6) is 5.75 Å². The van der Waals surface area contributed by atoms with Gasteiger partial charge in [0.25, 0.3) is 0 Å². The number of carbonyl (C=O) groups excluding carboxylic acids is 1. The molecule has 2 aromatic carbocycles. The molecule has 2 aromatic rings. The van der Waals surface area contributed by atoms with Crippen molar-refractivity contribution < 1.29 is 9.53 Å². The van der Waals surface area contributed by atoms with Crippen molar-refractivity contribution in [3.8, 4) is 5.75 Å². The third-order valence-corrected chi connectivity index (χ3v) is 7.74. The lowest BCUT2D eigenvalue weighted by Gasteiger charge is -2.41. The first-order valence-electron chi connectivity index (χ1n) is 11.1. The van der Waals surface area contributed by atoms with Gasteiger partial charge in [0, 0.05) is 43.2 Å². The summed E-state index contributed by atoms with van der Waals surface area (Å²) >= 11 is 13.5. The fourth-order valence-electron chi connectivity index (χ4n) is 4.31. The molecule has 2 heterocycles. The molecular formula is C24H29Cl2N3O2S. The van der Waals surface area contributed by atoms with Crippen molar-refractivity contribution in [2.24, 2.45) is 0 Å². The second kappa shape index (κ2) is 11.0. The maximum atomic E-state index is 12.5. The summed E-state index contributed by atoms with van der Waals surface area (Å²) in [5, 5.41) is 1.07. The fourth-order valence-corrected chi connectivity index (χ4v) is 5.20. The van der Waals surface area contributed by atoms with Crippen molar-refractivity contribution >= 4 is 41.2 Å². The molecule has 0 bridgehead atoms. The normalized spacial score (nSPS) is 18.5. The van der Waals surface area contributed by atoms with Gasteiger partial charge in [-0.1, -0.05) is 40.9 Å². The van der Waals surface area contributed by atoms with Crippen LogP contribution < -0.4 is 9.46 Å². The number of nitrogens with one attached hydrogen (secondary N) is 1. The minimum atomic E-state index is 0.00255. The number of halogens is 2. The van der Waals surface area contributed by atoms with Gasteiger partial charge in [0.15, 0.2) is 0 Å². The van der Waals surface area contributed by atoms with Gasteiger partial charge < -0.3 is 9.64 Å². The first kappa shape index (κ1) is 23.6. The number of ether oxygens (including phenoxy) is 1. The van der Waals surface area contributed by atoms with Crippen LogP contribution in [-0.2, 0) is 0 Å². The van der Waals surface area contributed by atoms with Crippen LogP contribution in [0.25, 0.3) is 0 Å². The molecule has 1 N–H and O–H groups in total. The van der Waals surface area contributed by atoms with Gasteiger partial charge in [-0.2, -0.15) is 0 Å². The molecule has 0 unspecified atom stereocenters. The highest BCUT2D eigenvalue weighted by Crippen LogP contribution is 2.29. The summed E-state index contributed by atoms with van der Waals surface area (Å²) in [6.07, 6.45) is 4.22. The smallest absolute Gasteiger partial charge is 0.327 e. The summed E-state index contributed by atoms with van der Waals surface area (Å²) < 4.78 is 9.09. The Labute approximate surface area is 204 Å². The average Bonchev–Trinajstić information content (AvgIpc) is 2.81. The van der Waals surface area contributed by atoms with Gasteiger partial charge in [-0.05, 0) is 68.8 Å². The second-order valence-electron chi connectivity index (χ2n) is 8.47. The highest BCUT2D eigenvalue weighted by Gasteiger charge is 2.30. The highest BCUT2D eigenvalue weighted by atomic mass is 35.5. The lowest BCUT2D eigenvalue weighted by atomic mass is 9.99. The molecule has 32 heavy (non-hydrogen) atoms. The fraction of sp³-hybridized carbons (Fsp3) is 0.458. The summed E-state index contributed by atoms with van der Waals surface area (Å²) in [6, 6.07) is 14.1. The summed E-state index contributed by atoms with van der Waals surface area (Å²) in [7, 11) is 0. The van der Waals surface area contributed by atoms with Crippen molar-refractivity contribution in [3.63, 3.8) is 0 Å². The third kappa shape index (κ3) is 6.25. The molecule has 0 saturated carbocycles. The topological polar surface area (TPSA) is 44.8 Å². The Kier molecular flexibility index (Phi) is 8.11. The molecule has 4 rings (SSSR count).